The van der Waals surface area contributed by atoms with Crippen LogP contribution in [0.2, 0.25) is 0 Å². The first-order valence-electron chi connectivity index (χ1n) is 10.7. The third-order valence-corrected chi connectivity index (χ3v) is 7.95. The number of rotatable bonds is 6. The number of hydrogen-bond donors (Lipinski definition) is 2. The predicted molar refractivity (Wildman–Crippen MR) is 130 cm³/mol. The molecule has 0 spiro atoms. The molecule has 0 radical (unpaired) electrons. The SMILES string of the molecule is CC(C)[C@H](N=C1NS(=O)(=O)c2ccccc21)C(=O)NCc1ccc(N2CCSCC2)cc1. The number of anilines is 1. The number of hydrogen-bond acceptors (Lipinski definition) is 6. The summed E-state index contributed by atoms with van der Waals surface area (Å²) in [5.74, 6) is 2.19. The number of sulfonamides is 1. The molecule has 1 amide bonds. The third-order valence-electron chi connectivity index (χ3n) is 5.61. The predicted octanol–water partition coefficient (Wildman–Crippen LogP) is 2.62. The van der Waals surface area contributed by atoms with Gasteiger partial charge in [-0.3, -0.25) is 14.5 Å². The molecule has 1 saturated heterocycles. The number of nitrogens with one attached hydrogen (secondary N) is 2. The van der Waals surface area contributed by atoms with Gasteiger partial charge in [0.1, 0.15) is 11.9 Å². The second-order valence-corrected chi connectivity index (χ2v) is 11.1. The second-order valence-electron chi connectivity index (χ2n) is 8.25. The lowest BCUT2D eigenvalue weighted by atomic mass is 10.0. The quantitative estimate of drug-likeness (QED) is 0.675. The summed E-state index contributed by atoms with van der Waals surface area (Å²) in [7, 11) is -3.64. The Hall–Kier alpha value is -2.52. The minimum Gasteiger partial charge on any atom is -0.370 e. The molecular formula is C23H28N4O3S2. The number of benzene rings is 2. The number of thioether (sulfide) groups is 1. The number of carbonyl (C=O) groups excluding carboxylic acids is 1. The van der Waals surface area contributed by atoms with E-state index in [4.69, 9.17) is 0 Å². The van der Waals surface area contributed by atoms with E-state index in [1.807, 2.05) is 37.7 Å². The van der Waals surface area contributed by atoms with Gasteiger partial charge in [-0.2, -0.15) is 11.8 Å². The Bertz CT molecular complexity index is 1110. The molecule has 2 N–H and O–H groups in total. The van der Waals surface area contributed by atoms with Gasteiger partial charge in [0.15, 0.2) is 0 Å². The van der Waals surface area contributed by atoms with Gasteiger partial charge in [0.05, 0.1) is 4.90 Å². The average molecular weight is 473 g/mol. The Labute approximate surface area is 193 Å². The molecule has 1 fully saturated rings. The molecule has 0 aromatic heterocycles. The Morgan fingerprint density at radius 1 is 1.12 bits per heavy atom. The minimum absolute atomic E-state index is 0.0980. The first-order chi connectivity index (χ1) is 15.3. The van der Waals surface area contributed by atoms with Gasteiger partial charge < -0.3 is 10.2 Å². The van der Waals surface area contributed by atoms with Crippen LogP contribution < -0.4 is 14.9 Å². The van der Waals surface area contributed by atoms with Crippen molar-refractivity contribution in [1.82, 2.24) is 10.0 Å². The first-order valence-corrected chi connectivity index (χ1v) is 13.4. The first kappa shape index (κ1) is 22.7. The van der Waals surface area contributed by atoms with Crippen molar-refractivity contribution in [1.29, 1.82) is 0 Å². The monoisotopic (exact) mass is 472 g/mol. The lowest BCUT2D eigenvalue weighted by Gasteiger charge is -2.28. The molecular weight excluding hydrogens is 444 g/mol. The highest BCUT2D eigenvalue weighted by atomic mass is 32.2. The van der Waals surface area contributed by atoms with Crippen molar-refractivity contribution in [2.24, 2.45) is 10.9 Å². The normalized spacial score (nSPS) is 19.5. The lowest BCUT2D eigenvalue weighted by molar-refractivity contribution is -0.123. The molecule has 170 valence electrons. The number of amidine groups is 1. The molecule has 2 heterocycles. The summed E-state index contributed by atoms with van der Waals surface area (Å²) in [6.07, 6.45) is 0. The zero-order chi connectivity index (χ0) is 22.7. The smallest absolute Gasteiger partial charge is 0.263 e. The molecule has 0 saturated carbocycles. The maximum absolute atomic E-state index is 12.9. The van der Waals surface area contributed by atoms with E-state index in [0.29, 0.717) is 12.1 Å². The Balaban J connectivity index is 1.44. The Morgan fingerprint density at radius 2 is 1.81 bits per heavy atom. The highest BCUT2D eigenvalue weighted by molar-refractivity contribution is 7.99. The molecule has 32 heavy (non-hydrogen) atoms. The third kappa shape index (κ3) is 4.94. The lowest BCUT2D eigenvalue weighted by Crippen LogP contribution is -2.38. The molecule has 2 aliphatic rings. The molecule has 2 aromatic carbocycles. The van der Waals surface area contributed by atoms with Crippen LogP contribution in [-0.4, -0.2) is 50.8 Å². The van der Waals surface area contributed by atoms with Crippen LogP contribution in [0.1, 0.15) is 25.0 Å². The number of aliphatic imine (C=N–C) groups is 1. The fourth-order valence-corrected chi connectivity index (χ4v) is 5.96. The molecule has 0 unspecified atom stereocenters. The van der Waals surface area contributed by atoms with E-state index < -0.39 is 16.1 Å². The van der Waals surface area contributed by atoms with Gasteiger partial charge in [-0.05, 0) is 35.7 Å². The summed E-state index contributed by atoms with van der Waals surface area (Å²) in [5.41, 5.74) is 2.72. The van der Waals surface area contributed by atoms with E-state index >= 15 is 0 Å². The molecule has 2 aromatic rings. The summed E-state index contributed by atoms with van der Waals surface area (Å²) >= 11 is 1.98. The molecule has 9 heteroatoms. The largest absolute Gasteiger partial charge is 0.370 e. The van der Waals surface area contributed by atoms with Gasteiger partial charge in [0.25, 0.3) is 10.0 Å². The Morgan fingerprint density at radius 3 is 2.50 bits per heavy atom. The maximum atomic E-state index is 12.9. The molecule has 7 nitrogen and oxygen atoms in total. The van der Waals surface area contributed by atoms with E-state index in [-0.39, 0.29) is 22.6 Å². The summed E-state index contributed by atoms with van der Waals surface area (Å²) in [6.45, 7) is 6.31. The van der Waals surface area contributed by atoms with Crippen molar-refractivity contribution in [2.75, 3.05) is 29.5 Å². The van der Waals surface area contributed by atoms with Gasteiger partial charge in [-0.15, -0.1) is 0 Å². The zero-order valence-electron chi connectivity index (χ0n) is 18.2. The number of carbonyl (C=O) groups is 1. The average Bonchev–Trinajstić information content (AvgIpc) is 3.06. The van der Waals surface area contributed by atoms with Gasteiger partial charge >= 0.3 is 0 Å². The Kier molecular flexibility index (Phi) is 6.76. The van der Waals surface area contributed by atoms with Gasteiger partial charge in [-0.25, -0.2) is 8.42 Å². The van der Waals surface area contributed by atoms with E-state index in [2.05, 4.69) is 32.1 Å². The van der Waals surface area contributed by atoms with Crippen LogP contribution in [-0.2, 0) is 21.4 Å². The van der Waals surface area contributed by atoms with E-state index in [1.54, 1.807) is 18.2 Å². The second kappa shape index (κ2) is 9.54. The topological polar surface area (TPSA) is 90.9 Å². The van der Waals surface area contributed by atoms with E-state index in [1.165, 1.54) is 11.8 Å². The van der Waals surface area contributed by atoms with Crippen molar-refractivity contribution in [3.05, 3.63) is 59.7 Å². The van der Waals surface area contributed by atoms with Gasteiger partial charge in [-0.1, -0.05) is 38.1 Å². The van der Waals surface area contributed by atoms with E-state index in [0.717, 1.165) is 30.2 Å². The van der Waals surface area contributed by atoms with Crippen LogP contribution in [0.15, 0.2) is 58.4 Å². The molecule has 2 aliphatic heterocycles. The van der Waals surface area contributed by atoms with Crippen LogP contribution in [0, 0.1) is 5.92 Å². The molecule has 4 rings (SSSR count). The molecule has 1 atom stereocenters. The van der Waals surface area contributed by atoms with Crippen molar-refractivity contribution >= 4 is 39.2 Å². The van der Waals surface area contributed by atoms with Crippen molar-refractivity contribution in [3.63, 3.8) is 0 Å². The highest BCUT2D eigenvalue weighted by Crippen LogP contribution is 2.24. The number of nitrogens with zero attached hydrogens (tertiary/aromatic N) is 2. The molecule has 0 aliphatic carbocycles. The van der Waals surface area contributed by atoms with Crippen LogP contribution in [0.4, 0.5) is 5.69 Å². The minimum atomic E-state index is -3.64. The summed E-state index contributed by atoms with van der Waals surface area (Å²) < 4.78 is 27.2. The maximum Gasteiger partial charge on any atom is 0.263 e. The van der Waals surface area contributed by atoms with Crippen LogP contribution in [0.3, 0.4) is 0 Å². The standard InChI is InChI=1S/C23H28N4O3S2/c1-16(2)21(25-22-19-5-3-4-6-20(19)32(29,30)26-22)23(28)24-15-17-7-9-18(10-8-17)27-11-13-31-14-12-27/h3-10,16,21H,11-15H2,1-2H3,(H,24,28)(H,25,26)/t21-/m0/s1. The zero-order valence-corrected chi connectivity index (χ0v) is 19.9. The summed E-state index contributed by atoms with van der Waals surface area (Å²) in [6, 6.07) is 14.2. The van der Waals surface area contributed by atoms with Crippen LogP contribution in [0.25, 0.3) is 0 Å². The molecule has 0 bridgehead atoms. The van der Waals surface area contributed by atoms with Crippen molar-refractivity contribution in [2.45, 2.75) is 31.3 Å². The van der Waals surface area contributed by atoms with E-state index in [9.17, 15) is 13.2 Å². The fraction of sp³-hybridized carbons (Fsp3) is 0.391. The van der Waals surface area contributed by atoms with Crippen molar-refractivity contribution < 1.29 is 13.2 Å². The summed E-state index contributed by atoms with van der Waals surface area (Å²) in [4.78, 5) is 20.0. The highest BCUT2D eigenvalue weighted by Gasteiger charge is 2.32. The number of fused-ring (bicyclic) bond motifs is 1. The van der Waals surface area contributed by atoms with Crippen LogP contribution >= 0.6 is 11.8 Å². The summed E-state index contributed by atoms with van der Waals surface area (Å²) in [5, 5.41) is 2.96. The fourth-order valence-electron chi connectivity index (χ4n) is 3.82. The van der Waals surface area contributed by atoms with Gasteiger partial charge in [0, 0.05) is 42.4 Å². The van der Waals surface area contributed by atoms with Gasteiger partial charge in [0.2, 0.25) is 5.91 Å². The van der Waals surface area contributed by atoms with Crippen LogP contribution in [0.5, 0.6) is 0 Å². The van der Waals surface area contributed by atoms with Crippen molar-refractivity contribution in [3.8, 4) is 0 Å². The number of amides is 1.